The van der Waals surface area contributed by atoms with Crippen molar-refractivity contribution in [3.05, 3.63) is 47.8 Å². The van der Waals surface area contributed by atoms with E-state index in [0.29, 0.717) is 29.3 Å². The Morgan fingerprint density at radius 2 is 2.12 bits per heavy atom. The van der Waals surface area contributed by atoms with Gasteiger partial charge in [0.05, 0.1) is 22.9 Å². The van der Waals surface area contributed by atoms with Crippen molar-refractivity contribution in [1.82, 2.24) is 15.3 Å². The number of rotatable bonds is 5. The summed E-state index contributed by atoms with van der Waals surface area (Å²) in [4.78, 5) is 20.3. The maximum atomic E-state index is 12.1. The van der Waals surface area contributed by atoms with Crippen LogP contribution in [0.4, 0.5) is 11.6 Å². The van der Waals surface area contributed by atoms with Crippen molar-refractivity contribution in [1.29, 1.82) is 5.26 Å². The summed E-state index contributed by atoms with van der Waals surface area (Å²) < 4.78 is 5.46. The summed E-state index contributed by atoms with van der Waals surface area (Å²) in [7, 11) is 0. The largest absolute Gasteiger partial charge is 0.376 e. The highest BCUT2D eigenvalue weighted by molar-refractivity contribution is 5.93. The van der Waals surface area contributed by atoms with E-state index in [4.69, 9.17) is 10.00 Å². The van der Waals surface area contributed by atoms with E-state index in [1.807, 2.05) is 6.07 Å². The summed E-state index contributed by atoms with van der Waals surface area (Å²) in [5.41, 5.74) is 1.50. The van der Waals surface area contributed by atoms with Crippen LogP contribution < -0.4 is 10.6 Å². The summed E-state index contributed by atoms with van der Waals surface area (Å²) in [6.07, 6.45) is 5.01. The summed E-state index contributed by atoms with van der Waals surface area (Å²) >= 11 is 0. The summed E-state index contributed by atoms with van der Waals surface area (Å²) in [5, 5.41) is 14.9. The Hall–Kier alpha value is -2.98. The molecule has 1 aromatic carbocycles. The lowest BCUT2D eigenvalue weighted by atomic mass is 10.2. The molecule has 0 bridgehead atoms. The second kappa shape index (κ2) is 7.53. The molecule has 1 amide bonds. The Labute approximate surface area is 139 Å². The van der Waals surface area contributed by atoms with Crippen molar-refractivity contribution in [3.8, 4) is 6.07 Å². The fourth-order valence-electron chi connectivity index (χ4n) is 2.43. The Bertz CT molecular complexity index is 748. The van der Waals surface area contributed by atoms with Gasteiger partial charge in [0, 0.05) is 25.5 Å². The number of ether oxygens (including phenoxy) is 1. The van der Waals surface area contributed by atoms with Gasteiger partial charge in [-0.15, -0.1) is 0 Å². The number of nitriles is 1. The lowest BCUT2D eigenvalue weighted by Gasteiger charge is -2.11. The second-order valence-corrected chi connectivity index (χ2v) is 5.42. The van der Waals surface area contributed by atoms with Gasteiger partial charge in [0.1, 0.15) is 6.07 Å². The zero-order valence-electron chi connectivity index (χ0n) is 13.0. The second-order valence-electron chi connectivity index (χ2n) is 5.42. The minimum Gasteiger partial charge on any atom is -0.376 e. The van der Waals surface area contributed by atoms with Crippen molar-refractivity contribution in [2.24, 2.45) is 0 Å². The highest BCUT2D eigenvalue weighted by Gasteiger charge is 2.17. The van der Waals surface area contributed by atoms with Gasteiger partial charge < -0.3 is 15.4 Å². The van der Waals surface area contributed by atoms with E-state index < -0.39 is 0 Å². The summed E-state index contributed by atoms with van der Waals surface area (Å²) in [5.74, 6) is 0.0999. The van der Waals surface area contributed by atoms with Crippen LogP contribution in [0.25, 0.3) is 0 Å². The van der Waals surface area contributed by atoms with E-state index in [0.717, 1.165) is 19.4 Å². The van der Waals surface area contributed by atoms with Crippen LogP contribution in [0.2, 0.25) is 0 Å². The van der Waals surface area contributed by atoms with Gasteiger partial charge in [-0.05, 0) is 25.0 Å². The number of amides is 1. The van der Waals surface area contributed by atoms with Gasteiger partial charge in [0.25, 0.3) is 5.91 Å². The first kappa shape index (κ1) is 15.9. The standard InChI is InChI=1S/C17H17N5O2/c18-8-12-4-1-2-6-15(12)22-17-20-9-13(10-21-17)16(23)19-11-14-5-3-7-24-14/h1-2,4,6,9-10,14H,3,5,7,11H2,(H,19,23)(H,20,21,22). The van der Waals surface area contributed by atoms with Gasteiger partial charge in [-0.1, -0.05) is 12.1 Å². The minimum atomic E-state index is -0.227. The van der Waals surface area contributed by atoms with Crippen LogP contribution in [0.5, 0.6) is 0 Å². The molecule has 122 valence electrons. The third-order valence-corrected chi connectivity index (χ3v) is 3.72. The van der Waals surface area contributed by atoms with Gasteiger partial charge in [-0.3, -0.25) is 4.79 Å². The van der Waals surface area contributed by atoms with Gasteiger partial charge >= 0.3 is 0 Å². The van der Waals surface area contributed by atoms with Crippen molar-refractivity contribution >= 4 is 17.5 Å². The number of anilines is 2. The normalized spacial score (nSPS) is 16.4. The SMILES string of the molecule is N#Cc1ccccc1Nc1ncc(C(=O)NCC2CCCO2)cn1. The molecule has 1 aliphatic rings. The molecule has 7 heteroatoms. The van der Waals surface area contributed by atoms with Crippen molar-refractivity contribution < 1.29 is 9.53 Å². The number of nitrogens with zero attached hydrogens (tertiary/aromatic N) is 3. The molecule has 0 aliphatic carbocycles. The van der Waals surface area contributed by atoms with Crippen LogP contribution >= 0.6 is 0 Å². The molecule has 1 aromatic heterocycles. The molecule has 3 rings (SSSR count). The molecule has 0 spiro atoms. The maximum Gasteiger partial charge on any atom is 0.254 e. The van der Waals surface area contributed by atoms with Crippen molar-refractivity contribution in [3.63, 3.8) is 0 Å². The average molecular weight is 323 g/mol. The van der Waals surface area contributed by atoms with Gasteiger partial charge in [0.2, 0.25) is 5.95 Å². The smallest absolute Gasteiger partial charge is 0.254 e. The number of nitrogens with one attached hydrogen (secondary N) is 2. The zero-order chi connectivity index (χ0) is 16.8. The molecule has 2 aromatic rings. The van der Waals surface area contributed by atoms with E-state index in [-0.39, 0.29) is 12.0 Å². The summed E-state index contributed by atoms with van der Waals surface area (Å²) in [6, 6.07) is 9.17. The highest BCUT2D eigenvalue weighted by Crippen LogP contribution is 2.17. The predicted octanol–water partition coefficient (Wildman–Crippen LogP) is 2.00. The van der Waals surface area contributed by atoms with Crippen LogP contribution in [-0.4, -0.2) is 35.1 Å². The van der Waals surface area contributed by atoms with Crippen LogP contribution in [0.1, 0.15) is 28.8 Å². The quantitative estimate of drug-likeness (QED) is 0.873. The average Bonchev–Trinajstić information content (AvgIpc) is 3.14. The first-order valence-corrected chi connectivity index (χ1v) is 7.74. The molecule has 2 heterocycles. The van der Waals surface area contributed by atoms with E-state index in [1.165, 1.54) is 12.4 Å². The lowest BCUT2D eigenvalue weighted by Crippen LogP contribution is -2.31. The molecule has 1 saturated heterocycles. The number of para-hydroxylation sites is 1. The fourth-order valence-corrected chi connectivity index (χ4v) is 2.43. The number of hydrogen-bond donors (Lipinski definition) is 2. The molecule has 2 N–H and O–H groups in total. The molecular formula is C17H17N5O2. The molecule has 1 unspecified atom stereocenters. The molecular weight excluding hydrogens is 306 g/mol. The van der Waals surface area contributed by atoms with Crippen LogP contribution in [-0.2, 0) is 4.74 Å². The first-order chi connectivity index (χ1) is 11.8. The molecule has 1 aliphatic heterocycles. The van der Waals surface area contributed by atoms with Crippen LogP contribution in [0.3, 0.4) is 0 Å². The minimum absolute atomic E-state index is 0.0956. The monoisotopic (exact) mass is 323 g/mol. The number of hydrogen-bond acceptors (Lipinski definition) is 6. The van der Waals surface area contributed by atoms with Crippen LogP contribution in [0.15, 0.2) is 36.7 Å². The van der Waals surface area contributed by atoms with E-state index >= 15 is 0 Å². The Morgan fingerprint density at radius 3 is 2.83 bits per heavy atom. The topological polar surface area (TPSA) is 99.9 Å². The molecule has 1 fully saturated rings. The predicted molar refractivity (Wildman–Crippen MR) is 87.8 cm³/mol. The zero-order valence-corrected chi connectivity index (χ0v) is 13.0. The number of aromatic nitrogens is 2. The first-order valence-electron chi connectivity index (χ1n) is 7.74. The molecule has 24 heavy (non-hydrogen) atoms. The number of benzene rings is 1. The molecule has 1 atom stereocenters. The third kappa shape index (κ3) is 3.86. The fraction of sp³-hybridized carbons (Fsp3) is 0.294. The van der Waals surface area contributed by atoms with E-state index in [2.05, 4.69) is 26.7 Å². The molecule has 7 nitrogen and oxygen atoms in total. The van der Waals surface area contributed by atoms with Gasteiger partial charge in [-0.25, -0.2) is 9.97 Å². The third-order valence-electron chi connectivity index (χ3n) is 3.72. The van der Waals surface area contributed by atoms with Gasteiger partial charge in [0.15, 0.2) is 0 Å². The molecule has 0 radical (unpaired) electrons. The highest BCUT2D eigenvalue weighted by atomic mass is 16.5. The number of carbonyl (C=O) groups is 1. The Kier molecular flexibility index (Phi) is 4.99. The molecule has 0 saturated carbocycles. The Balaban J connectivity index is 1.60. The summed E-state index contributed by atoms with van der Waals surface area (Å²) in [6.45, 7) is 1.25. The number of carbonyl (C=O) groups excluding carboxylic acids is 1. The maximum absolute atomic E-state index is 12.1. The Morgan fingerprint density at radius 1 is 1.33 bits per heavy atom. The van der Waals surface area contributed by atoms with Crippen LogP contribution in [0, 0.1) is 11.3 Å². The van der Waals surface area contributed by atoms with E-state index in [9.17, 15) is 4.79 Å². The van der Waals surface area contributed by atoms with Gasteiger partial charge in [-0.2, -0.15) is 5.26 Å². The van der Waals surface area contributed by atoms with Crippen molar-refractivity contribution in [2.45, 2.75) is 18.9 Å². The van der Waals surface area contributed by atoms with Crippen molar-refractivity contribution in [2.75, 3.05) is 18.5 Å². The lowest BCUT2D eigenvalue weighted by molar-refractivity contribution is 0.0857. The van der Waals surface area contributed by atoms with E-state index in [1.54, 1.807) is 18.2 Å².